The van der Waals surface area contributed by atoms with Gasteiger partial charge < -0.3 is 4.98 Å². The van der Waals surface area contributed by atoms with E-state index in [1.807, 2.05) is 6.21 Å². The number of aliphatic imine (C=N–C) groups is 1. The minimum atomic E-state index is 0.553. The third-order valence-corrected chi connectivity index (χ3v) is 2.52. The zero-order valence-corrected chi connectivity index (χ0v) is 7.74. The largest absolute Gasteiger partial charge is 0.344 e. The van der Waals surface area contributed by atoms with Crippen molar-refractivity contribution >= 4 is 6.21 Å². The molecule has 0 spiro atoms. The maximum absolute atomic E-state index is 4.53. The van der Waals surface area contributed by atoms with Crippen LogP contribution in [0.25, 0.3) is 0 Å². The van der Waals surface area contributed by atoms with E-state index in [1.54, 1.807) is 12.5 Å². The van der Waals surface area contributed by atoms with Crippen molar-refractivity contribution in [2.24, 2.45) is 4.99 Å². The Kier molecular flexibility index (Phi) is 2.75. The van der Waals surface area contributed by atoms with Crippen LogP contribution in [0.4, 0.5) is 0 Å². The van der Waals surface area contributed by atoms with Crippen LogP contribution in [0.15, 0.2) is 17.5 Å². The molecule has 1 aromatic heterocycles. The van der Waals surface area contributed by atoms with E-state index in [0.29, 0.717) is 6.04 Å². The molecule has 1 aliphatic rings. The zero-order chi connectivity index (χ0) is 8.93. The van der Waals surface area contributed by atoms with Crippen LogP contribution in [-0.2, 0) is 0 Å². The summed E-state index contributed by atoms with van der Waals surface area (Å²) in [4.78, 5) is 11.5. The topological polar surface area (TPSA) is 41.0 Å². The molecule has 1 heterocycles. The van der Waals surface area contributed by atoms with Crippen LogP contribution in [0, 0.1) is 0 Å². The van der Waals surface area contributed by atoms with Crippen molar-refractivity contribution in [2.75, 3.05) is 0 Å². The predicted molar refractivity (Wildman–Crippen MR) is 53.1 cm³/mol. The average Bonchev–Trinajstić information content (AvgIpc) is 2.69. The van der Waals surface area contributed by atoms with Gasteiger partial charge in [0.2, 0.25) is 0 Å². The average molecular weight is 177 g/mol. The van der Waals surface area contributed by atoms with Crippen molar-refractivity contribution < 1.29 is 0 Å². The molecule has 1 aliphatic carbocycles. The third kappa shape index (κ3) is 2.41. The lowest BCUT2D eigenvalue weighted by molar-refractivity contribution is 0.444. The van der Waals surface area contributed by atoms with E-state index >= 15 is 0 Å². The van der Waals surface area contributed by atoms with Crippen LogP contribution in [0.2, 0.25) is 0 Å². The Hall–Kier alpha value is -1.12. The highest BCUT2D eigenvalue weighted by Crippen LogP contribution is 2.19. The molecule has 0 aromatic carbocycles. The lowest BCUT2D eigenvalue weighted by Crippen LogP contribution is -2.09. The molecule has 0 unspecified atom stereocenters. The second-order valence-electron chi connectivity index (χ2n) is 3.58. The molecule has 70 valence electrons. The summed E-state index contributed by atoms with van der Waals surface area (Å²) in [6.45, 7) is 0. The molecule has 1 saturated carbocycles. The van der Waals surface area contributed by atoms with E-state index in [-0.39, 0.29) is 0 Å². The molecule has 0 radical (unpaired) electrons. The van der Waals surface area contributed by atoms with Gasteiger partial charge in [0.1, 0.15) is 0 Å². The number of H-pyrrole nitrogens is 1. The summed E-state index contributed by atoms with van der Waals surface area (Å²) < 4.78 is 0. The number of aromatic amines is 1. The summed E-state index contributed by atoms with van der Waals surface area (Å²) >= 11 is 0. The molecule has 0 saturated heterocycles. The van der Waals surface area contributed by atoms with Gasteiger partial charge in [-0.05, 0) is 12.8 Å². The number of rotatable bonds is 2. The van der Waals surface area contributed by atoms with Crippen molar-refractivity contribution in [3.8, 4) is 0 Å². The number of hydrogen-bond donors (Lipinski definition) is 1. The van der Waals surface area contributed by atoms with Crippen molar-refractivity contribution in [3.05, 3.63) is 18.2 Å². The normalized spacial score (nSPS) is 19.7. The van der Waals surface area contributed by atoms with E-state index in [1.165, 1.54) is 32.1 Å². The number of nitrogens with zero attached hydrogens (tertiary/aromatic N) is 2. The fourth-order valence-electron chi connectivity index (χ4n) is 1.75. The first-order chi connectivity index (χ1) is 6.45. The van der Waals surface area contributed by atoms with Gasteiger partial charge in [-0.25, -0.2) is 4.98 Å². The fourth-order valence-corrected chi connectivity index (χ4v) is 1.75. The first-order valence-electron chi connectivity index (χ1n) is 4.97. The van der Waals surface area contributed by atoms with Crippen molar-refractivity contribution in [1.82, 2.24) is 9.97 Å². The molecule has 1 aromatic rings. The number of nitrogens with one attached hydrogen (secondary N) is 1. The second kappa shape index (κ2) is 4.21. The van der Waals surface area contributed by atoms with Gasteiger partial charge in [0.05, 0.1) is 24.3 Å². The summed E-state index contributed by atoms with van der Waals surface area (Å²) in [7, 11) is 0. The Balaban J connectivity index is 1.89. The third-order valence-electron chi connectivity index (χ3n) is 2.52. The van der Waals surface area contributed by atoms with Gasteiger partial charge in [0.25, 0.3) is 0 Å². The summed E-state index contributed by atoms with van der Waals surface area (Å²) in [6.07, 6.45) is 12.0. The van der Waals surface area contributed by atoms with Gasteiger partial charge in [-0.2, -0.15) is 0 Å². The molecule has 2 rings (SSSR count). The molecule has 3 nitrogen and oxygen atoms in total. The van der Waals surface area contributed by atoms with Crippen LogP contribution in [0.5, 0.6) is 0 Å². The van der Waals surface area contributed by atoms with E-state index in [2.05, 4.69) is 15.0 Å². The van der Waals surface area contributed by atoms with Gasteiger partial charge in [-0.3, -0.25) is 4.99 Å². The Bertz CT molecular complexity index is 258. The number of hydrogen-bond acceptors (Lipinski definition) is 2. The van der Waals surface area contributed by atoms with Crippen molar-refractivity contribution in [3.63, 3.8) is 0 Å². The van der Waals surface area contributed by atoms with Gasteiger partial charge in [0.15, 0.2) is 0 Å². The van der Waals surface area contributed by atoms with Crippen LogP contribution in [0.1, 0.15) is 37.8 Å². The molecule has 0 bridgehead atoms. The Morgan fingerprint density at radius 2 is 2.23 bits per heavy atom. The first kappa shape index (κ1) is 8.48. The summed E-state index contributed by atoms with van der Waals surface area (Å²) in [5, 5.41) is 0. The highest BCUT2D eigenvalue weighted by molar-refractivity contribution is 5.76. The van der Waals surface area contributed by atoms with Gasteiger partial charge in [0, 0.05) is 6.21 Å². The smallest absolute Gasteiger partial charge is 0.0924 e. The lowest BCUT2D eigenvalue weighted by Gasteiger charge is -2.16. The summed E-state index contributed by atoms with van der Waals surface area (Å²) in [5.41, 5.74) is 1.01. The fraction of sp³-hybridized carbons (Fsp3) is 0.600. The van der Waals surface area contributed by atoms with E-state index in [9.17, 15) is 0 Å². The molecule has 1 fully saturated rings. The minimum Gasteiger partial charge on any atom is -0.344 e. The van der Waals surface area contributed by atoms with Crippen molar-refractivity contribution in [1.29, 1.82) is 0 Å². The number of aromatic nitrogens is 2. The monoisotopic (exact) mass is 177 g/mol. The van der Waals surface area contributed by atoms with Gasteiger partial charge in [-0.1, -0.05) is 19.3 Å². The summed E-state index contributed by atoms with van der Waals surface area (Å²) in [5.74, 6) is 0. The maximum Gasteiger partial charge on any atom is 0.0924 e. The Morgan fingerprint density at radius 1 is 1.38 bits per heavy atom. The van der Waals surface area contributed by atoms with E-state index in [4.69, 9.17) is 0 Å². The Labute approximate surface area is 78.3 Å². The molecule has 3 heteroatoms. The standard InChI is InChI=1S/C10H15N3/c1-2-4-9(5-3-1)12-7-10-6-11-8-13-10/h6-9H,1-5H2,(H,11,13). The molecule has 0 amide bonds. The molecule has 13 heavy (non-hydrogen) atoms. The second-order valence-corrected chi connectivity index (χ2v) is 3.58. The molecule has 0 atom stereocenters. The predicted octanol–water partition coefficient (Wildman–Crippen LogP) is 2.16. The van der Waals surface area contributed by atoms with Crippen molar-refractivity contribution in [2.45, 2.75) is 38.1 Å². The van der Waals surface area contributed by atoms with Crippen LogP contribution in [-0.4, -0.2) is 22.2 Å². The molecule has 1 N–H and O–H groups in total. The molecular weight excluding hydrogens is 162 g/mol. The highest BCUT2D eigenvalue weighted by atomic mass is 14.9. The first-order valence-corrected chi connectivity index (χ1v) is 4.97. The van der Waals surface area contributed by atoms with Crippen LogP contribution < -0.4 is 0 Å². The quantitative estimate of drug-likeness (QED) is 0.691. The summed E-state index contributed by atoms with van der Waals surface area (Å²) in [6, 6.07) is 0.553. The van der Waals surface area contributed by atoms with E-state index in [0.717, 1.165) is 5.69 Å². The van der Waals surface area contributed by atoms with Gasteiger partial charge >= 0.3 is 0 Å². The molecular formula is C10H15N3. The minimum absolute atomic E-state index is 0.553. The maximum atomic E-state index is 4.53. The SMILES string of the molecule is C(=NC1CCCCC1)c1cnc[nH]1. The highest BCUT2D eigenvalue weighted by Gasteiger charge is 2.10. The zero-order valence-electron chi connectivity index (χ0n) is 7.74. The van der Waals surface area contributed by atoms with Crippen LogP contribution >= 0.6 is 0 Å². The molecule has 0 aliphatic heterocycles. The Morgan fingerprint density at radius 3 is 2.92 bits per heavy atom. The number of imidazole rings is 1. The van der Waals surface area contributed by atoms with E-state index < -0.39 is 0 Å². The lowest BCUT2D eigenvalue weighted by atomic mass is 9.96. The van der Waals surface area contributed by atoms with Crippen LogP contribution in [0.3, 0.4) is 0 Å². The van der Waals surface area contributed by atoms with Gasteiger partial charge in [-0.15, -0.1) is 0 Å².